The lowest BCUT2D eigenvalue weighted by atomic mass is 10.1. The van der Waals surface area contributed by atoms with Crippen molar-refractivity contribution in [3.05, 3.63) is 89.0 Å². The molecule has 0 saturated carbocycles. The molecular formula is C30H27ClN4O6S2. The molecule has 1 unspecified atom stereocenters. The number of aromatic nitrogens is 4. The number of aryl methyl sites for hydroxylation is 1. The maximum atomic E-state index is 13.0. The molecule has 0 radical (unpaired) electrons. The summed E-state index contributed by atoms with van der Waals surface area (Å²) in [6, 6.07) is 13.8. The molecule has 0 bridgehead atoms. The summed E-state index contributed by atoms with van der Waals surface area (Å²) in [6.07, 6.45) is 5.20. The largest absolute Gasteiger partial charge is 0.489 e. The van der Waals surface area contributed by atoms with Crippen molar-refractivity contribution in [3.63, 3.8) is 0 Å². The number of hydrogen-bond donors (Lipinski definition) is 0. The highest BCUT2D eigenvalue weighted by Crippen LogP contribution is 2.35. The number of benzene rings is 2. The van der Waals surface area contributed by atoms with Gasteiger partial charge in [-0.15, -0.1) is 0 Å². The molecule has 0 aliphatic carbocycles. The number of halogens is 1. The number of ether oxygens (including phenoxy) is 3. The Kier molecular flexibility index (Phi) is 9.19. The number of carbonyl (C=O) groups excluding carboxylic acids is 1. The summed E-state index contributed by atoms with van der Waals surface area (Å²) < 4.78 is 46.6. The smallest absolute Gasteiger partial charge is 0.347 e. The molecule has 2 aromatic carbocycles. The van der Waals surface area contributed by atoms with E-state index in [-0.39, 0.29) is 30.4 Å². The summed E-state index contributed by atoms with van der Waals surface area (Å²) in [7, 11) is -3.36. The third-order valence-corrected chi connectivity index (χ3v) is 8.72. The number of hydrogen-bond acceptors (Lipinski definition) is 11. The van der Waals surface area contributed by atoms with Crippen LogP contribution >= 0.6 is 23.1 Å². The number of nitrogens with zero attached hydrogens (tertiary/aromatic N) is 4. The van der Waals surface area contributed by atoms with Crippen LogP contribution in [0.25, 0.3) is 21.5 Å². The highest BCUT2D eigenvalue weighted by atomic mass is 35.5. The Morgan fingerprint density at radius 1 is 1.05 bits per heavy atom. The second-order valence-corrected chi connectivity index (χ2v) is 12.8. The van der Waals surface area contributed by atoms with Gasteiger partial charge < -0.3 is 14.2 Å². The van der Waals surface area contributed by atoms with E-state index in [1.54, 1.807) is 49.8 Å². The molecule has 5 rings (SSSR count). The lowest BCUT2D eigenvalue weighted by molar-refractivity contribution is -0.151. The van der Waals surface area contributed by atoms with E-state index in [9.17, 15) is 13.2 Å². The average molecular weight is 639 g/mol. The SMILES string of the molecule is CCOC(=O)C(Cc1ccccc1OCc1cnc(-c2cccc(S(C)(=O)=O)c2)nc1)Oc1nsc2cnc(Cl)c(C)c12. The quantitative estimate of drug-likeness (QED) is 0.132. The molecule has 0 fully saturated rings. The van der Waals surface area contributed by atoms with Crippen molar-refractivity contribution >= 4 is 49.0 Å². The molecule has 3 aromatic heterocycles. The number of esters is 1. The molecule has 1 atom stereocenters. The third kappa shape index (κ3) is 7.10. The maximum absolute atomic E-state index is 13.0. The molecule has 0 amide bonds. The summed E-state index contributed by atoms with van der Waals surface area (Å²) >= 11 is 7.44. The average Bonchev–Trinajstić information content (AvgIpc) is 3.41. The molecule has 0 N–H and O–H groups in total. The van der Waals surface area contributed by atoms with Crippen molar-refractivity contribution < 1.29 is 27.4 Å². The van der Waals surface area contributed by atoms with Gasteiger partial charge >= 0.3 is 5.97 Å². The predicted octanol–water partition coefficient (Wildman–Crippen LogP) is 5.65. The summed E-state index contributed by atoms with van der Waals surface area (Å²) in [6.45, 7) is 3.91. The second kappa shape index (κ2) is 13.0. The number of sulfone groups is 1. The summed E-state index contributed by atoms with van der Waals surface area (Å²) in [5.74, 6) is 0.709. The zero-order valence-corrected chi connectivity index (χ0v) is 25.9. The fraction of sp³-hybridized carbons (Fsp3) is 0.233. The van der Waals surface area contributed by atoms with Crippen LogP contribution in [0.2, 0.25) is 5.15 Å². The first kappa shape index (κ1) is 30.3. The third-order valence-electron chi connectivity index (χ3n) is 6.47. The van der Waals surface area contributed by atoms with Gasteiger partial charge in [0.05, 0.1) is 21.6 Å². The van der Waals surface area contributed by atoms with Crippen LogP contribution in [-0.4, -0.2) is 52.7 Å². The minimum absolute atomic E-state index is 0.160. The summed E-state index contributed by atoms with van der Waals surface area (Å²) in [5.41, 5.74) is 2.73. The van der Waals surface area contributed by atoms with Crippen molar-refractivity contribution in [1.29, 1.82) is 0 Å². The van der Waals surface area contributed by atoms with Gasteiger partial charge in [0.2, 0.25) is 12.0 Å². The first-order valence-corrected chi connectivity index (χ1v) is 16.2. The molecule has 13 heteroatoms. The van der Waals surface area contributed by atoms with E-state index in [2.05, 4.69) is 19.3 Å². The van der Waals surface area contributed by atoms with Crippen molar-refractivity contribution in [2.75, 3.05) is 12.9 Å². The van der Waals surface area contributed by atoms with Crippen molar-refractivity contribution in [3.8, 4) is 23.0 Å². The van der Waals surface area contributed by atoms with E-state index in [0.717, 1.165) is 16.5 Å². The van der Waals surface area contributed by atoms with E-state index in [4.69, 9.17) is 25.8 Å². The lowest BCUT2D eigenvalue weighted by Gasteiger charge is -2.19. The standard InChI is InChI=1S/C30H27ClN4O6S2/c1-4-39-30(36)24(41-29-26-18(2)27(31)32-16-25(26)42-35-29)13-20-8-5-6-11-23(20)40-17-19-14-33-28(34-15-19)21-9-7-10-22(12-21)43(3,37)38/h5-12,14-16,24H,4,13,17H2,1-3H3. The first-order chi connectivity index (χ1) is 20.6. The normalized spacial score (nSPS) is 12.2. The van der Waals surface area contributed by atoms with Gasteiger partial charge in [0.15, 0.2) is 15.7 Å². The van der Waals surface area contributed by atoms with Crippen LogP contribution in [0, 0.1) is 6.92 Å². The predicted molar refractivity (Wildman–Crippen MR) is 163 cm³/mol. The van der Waals surface area contributed by atoms with Gasteiger partial charge in [-0.25, -0.2) is 28.2 Å². The summed E-state index contributed by atoms with van der Waals surface area (Å²) in [4.78, 5) is 26.1. The molecule has 10 nitrogen and oxygen atoms in total. The van der Waals surface area contributed by atoms with E-state index >= 15 is 0 Å². The Bertz CT molecular complexity index is 1880. The van der Waals surface area contributed by atoms with Crippen molar-refractivity contribution in [1.82, 2.24) is 19.3 Å². The van der Waals surface area contributed by atoms with Gasteiger partial charge in [0, 0.05) is 48.0 Å². The molecular weight excluding hydrogens is 612 g/mol. The molecule has 0 aliphatic heterocycles. The number of pyridine rings is 1. The Balaban J connectivity index is 1.33. The Hall–Kier alpha value is -4.13. The second-order valence-electron chi connectivity index (χ2n) is 9.57. The van der Waals surface area contributed by atoms with Gasteiger partial charge in [-0.1, -0.05) is 41.9 Å². The molecule has 5 aromatic rings. The van der Waals surface area contributed by atoms with Crippen LogP contribution in [0.1, 0.15) is 23.6 Å². The van der Waals surface area contributed by atoms with Gasteiger partial charge in [0.25, 0.3) is 0 Å². The summed E-state index contributed by atoms with van der Waals surface area (Å²) in [5, 5.41) is 1.04. The minimum atomic E-state index is -3.36. The van der Waals surface area contributed by atoms with Crippen molar-refractivity contribution in [2.24, 2.45) is 0 Å². The topological polar surface area (TPSA) is 130 Å². The van der Waals surface area contributed by atoms with Crippen LogP contribution < -0.4 is 9.47 Å². The fourth-order valence-electron chi connectivity index (χ4n) is 4.28. The maximum Gasteiger partial charge on any atom is 0.347 e. The van der Waals surface area contributed by atoms with Gasteiger partial charge in [-0.05, 0) is 49.1 Å². The van der Waals surface area contributed by atoms with E-state index in [1.165, 1.54) is 17.6 Å². The monoisotopic (exact) mass is 638 g/mol. The van der Waals surface area contributed by atoms with Crippen LogP contribution in [0.4, 0.5) is 0 Å². The van der Waals surface area contributed by atoms with Crippen LogP contribution in [0.3, 0.4) is 0 Å². The molecule has 0 aliphatic rings. The van der Waals surface area contributed by atoms with Gasteiger partial charge in [-0.3, -0.25) is 0 Å². The Labute approximate surface area is 257 Å². The molecule has 43 heavy (non-hydrogen) atoms. The minimum Gasteiger partial charge on any atom is -0.489 e. The lowest BCUT2D eigenvalue weighted by Crippen LogP contribution is -2.32. The van der Waals surface area contributed by atoms with Crippen LogP contribution in [0.15, 0.2) is 72.0 Å². The Morgan fingerprint density at radius 3 is 2.56 bits per heavy atom. The fourth-order valence-corrected chi connectivity index (χ4v) is 5.83. The van der Waals surface area contributed by atoms with Crippen molar-refractivity contribution in [2.45, 2.75) is 37.9 Å². The molecule has 0 spiro atoms. The number of carbonyl (C=O) groups is 1. The molecule has 222 valence electrons. The highest BCUT2D eigenvalue weighted by Gasteiger charge is 2.27. The van der Waals surface area contributed by atoms with Gasteiger partial charge in [-0.2, -0.15) is 4.37 Å². The zero-order valence-electron chi connectivity index (χ0n) is 23.5. The van der Waals surface area contributed by atoms with E-state index in [1.807, 2.05) is 25.1 Å². The van der Waals surface area contributed by atoms with Gasteiger partial charge in [0.1, 0.15) is 17.5 Å². The number of para-hydroxylation sites is 1. The van der Waals surface area contributed by atoms with Crippen LogP contribution in [-0.2, 0) is 32.4 Å². The molecule has 0 saturated heterocycles. The number of rotatable bonds is 11. The zero-order chi connectivity index (χ0) is 30.6. The first-order valence-electron chi connectivity index (χ1n) is 13.2. The van der Waals surface area contributed by atoms with E-state index in [0.29, 0.717) is 38.8 Å². The van der Waals surface area contributed by atoms with E-state index < -0.39 is 21.9 Å². The Morgan fingerprint density at radius 2 is 1.81 bits per heavy atom. The highest BCUT2D eigenvalue weighted by molar-refractivity contribution is 7.90. The molecule has 3 heterocycles. The number of fused-ring (bicyclic) bond motifs is 1. The van der Waals surface area contributed by atoms with Crippen LogP contribution in [0.5, 0.6) is 11.6 Å².